The predicted octanol–water partition coefficient (Wildman–Crippen LogP) is 3.22. The highest BCUT2D eigenvalue weighted by molar-refractivity contribution is 5.78. The Morgan fingerprint density at radius 2 is 1.70 bits per heavy atom. The van der Waals surface area contributed by atoms with Gasteiger partial charge in [-0.1, -0.05) is 19.1 Å². The van der Waals surface area contributed by atoms with Gasteiger partial charge in [0.05, 0.1) is 6.54 Å². The second-order valence-electron chi connectivity index (χ2n) is 7.06. The van der Waals surface area contributed by atoms with Gasteiger partial charge in [0.15, 0.2) is 5.96 Å². The topological polar surface area (TPSA) is 44.9 Å². The quantitative estimate of drug-likeness (QED) is 0.688. The molecule has 0 amide bonds. The van der Waals surface area contributed by atoms with Gasteiger partial charge in [0, 0.05) is 31.9 Å². The minimum Gasteiger partial charge on any atom is -0.372 e. The lowest BCUT2D eigenvalue weighted by Gasteiger charge is -2.32. The van der Waals surface area contributed by atoms with Crippen LogP contribution in [0.5, 0.6) is 0 Å². The number of piperidine rings is 2. The Hall–Kier alpha value is -1.71. The van der Waals surface area contributed by atoms with Crippen molar-refractivity contribution in [2.24, 2.45) is 16.6 Å². The molecule has 0 bridgehead atoms. The number of anilines is 1. The van der Waals surface area contributed by atoms with E-state index in [0.29, 0.717) is 12.5 Å². The molecule has 4 heteroatoms. The lowest BCUT2D eigenvalue weighted by molar-refractivity contribution is 0.338. The average Bonchev–Trinajstić information content (AvgIpc) is 2.61. The molecule has 0 unspecified atom stereocenters. The van der Waals surface area contributed by atoms with Crippen LogP contribution in [0.4, 0.5) is 5.69 Å². The first kappa shape index (κ1) is 16.2. The molecule has 126 valence electrons. The van der Waals surface area contributed by atoms with Crippen molar-refractivity contribution < 1.29 is 0 Å². The highest BCUT2D eigenvalue weighted by Crippen LogP contribution is 2.23. The molecule has 2 N–H and O–H groups in total. The Morgan fingerprint density at radius 3 is 2.35 bits per heavy atom. The zero-order valence-corrected chi connectivity index (χ0v) is 14.4. The number of rotatable bonds is 3. The first-order valence-corrected chi connectivity index (χ1v) is 9.11. The fourth-order valence-corrected chi connectivity index (χ4v) is 3.47. The van der Waals surface area contributed by atoms with Gasteiger partial charge < -0.3 is 15.5 Å². The van der Waals surface area contributed by atoms with Gasteiger partial charge in [0.25, 0.3) is 0 Å². The van der Waals surface area contributed by atoms with E-state index in [2.05, 4.69) is 46.0 Å². The molecule has 0 radical (unpaired) electrons. The molecule has 23 heavy (non-hydrogen) atoms. The van der Waals surface area contributed by atoms with Crippen LogP contribution in [-0.4, -0.2) is 37.0 Å². The summed E-state index contributed by atoms with van der Waals surface area (Å²) in [5.74, 6) is 1.58. The van der Waals surface area contributed by atoms with Crippen LogP contribution in [0.15, 0.2) is 29.3 Å². The number of nitrogens with two attached hydrogens (primary N) is 1. The van der Waals surface area contributed by atoms with Crippen molar-refractivity contribution in [1.29, 1.82) is 0 Å². The molecule has 0 aliphatic carbocycles. The van der Waals surface area contributed by atoms with E-state index in [0.717, 1.165) is 19.0 Å². The van der Waals surface area contributed by atoms with Gasteiger partial charge >= 0.3 is 0 Å². The summed E-state index contributed by atoms with van der Waals surface area (Å²) in [7, 11) is 0. The zero-order chi connectivity index (χ0) is 16.1. The van der Waals surface area contributed by atoms with Crippen LogP contribution in [0.3, 0.4) is 0 Å². The lowest BCUT2D eigenvalue weighted by atomic mass is 9.99. The minimum absolute atomic E-state index is 0.680. The van der Waals surface area contributed by atoms with Crippen LogP contribution in [0.1, 0.15) is 44.6 Å². The largest absolute Gasteiger partial charge is 0.372 e. The normalized spacial score (nSPS) is 20.8. The Kier molecular flexibility index (Phi) is 5.42. The van der Waals surface area contributed by atoms with Gasteiger partial charge in [-0.05, 0) is 55.7 Å². The number of aliphatic imine (C=N–C) groups is 1. The standard InChI is InChI=1S/C19H30N4/c1-16-9-13-22(14-10-16)18-7-5-17(6-8-18)15-21-19(20)23-11-3-2-4-12-23/h5-8,16H,2-4,9-15H2,1H3,(H2,20,21). The summed E-state index contributed by atoms with van der Waals surface area (Å²) >= 11 is 0. The summed E-state index contributed by atoms with van der Waals surface area (Å²) < 4.78 is 0. The number of guanidine groups is 1. The molecule has 2 heterocycles. The first-order valence-electron chi connectivity index (χ1n) is 9.11. The monoisotopic (exact) mass is 314 g/mol. The Morgan fingerprint density at radius 1 is 1.04 bits per heavy atom. The van der Waals surface area contributed by atoms with Crippen molar-refractivity contribution in [3.8, 4) is 0 Å². The van der Waals surface area contributed by atoms with Gasteiger partial charge in [0.2, 0.25) is 0 Å². The molecule has 0 aromatic heterocycles. The number of likely N-dealkylation sites (tertiary alicyclic amines) is 1. The highest BCUT2D eigenvalue weighted by Gasteiger charge is 2.16. The van der Waals surface area contributed by atoms with Gasteiger partial charge in [-0.2, -0.15) is 0 Å². The Balaban J connectivity index is 1.54. The van der Waals surface area contributed by atoms with Gasteiger partial charge in [-0.25, -0.2) is 4.99 Å². The van der Waals surface area contributed by atoms with Gasteiger partial charge in [0.1, 0.15) is 0 Å². The molecule has 1 aromatic rings. The molecule has 0 atom stereocenters. The van der Waals surface area contributed by atoms with E-state index < -0.39 is 0 Å². The molecule has 2 fully saturated rings. The van der Waals surface area contributed by atoms with Crippen molar-refractivity contribution in [3.05, 3.63) is 29.8 Å². The SMILES string of the molecule is CC1CCN(c2ccc(CN=C(N)N3CCCCC3)cc2)CC1. The Labute approximate surface area is 140 Å². The van der Waals surface area contributed by atoms with Crippen LogP contribution in [0.2, 0.25) is 0 Å². The zero-order valence-electron chi connectivity index (χ0n) is 14.4. The van der Waals surface area contributed by atoms with Crippen LogP contribution in [-0.2, 0) is 6.54 Å². The molecule has 3 rings (SSSR count). The second-order valence-corrected chi connectivity index (χ2v) is 7.06. The minimum atomic E-state index is 0.680. The third-order valence-electron chi connectivity index (χ3n) is 5.19. The fraction of sp³-hybridized carbons (Fsp3) is 0.632. The van der Waals surface area contributed by atoms with E-state index >= 15 is 0 Å². The van der Waals surface area contributed by atoms with Crippen molar-refractivity contribution in [2.75, 3.05) is 31.1 Å². The first-order chi connectivity index (χ1) is 11.2. The summed E-state index contributed by atoms with van der Waals surface area (Å²) in [4.78, 5) is 9.29. The molecule has 1 aromatic carbocycles. The Bertz CT molecular complexity index is 509. The van der Waals surface area contributed by atoms with E-state index in [4.69, 9.17) is 5.73 Å². The van der Waals surface area contributed by atoms with Crippen LogP contribution in [0, 0.1) is 5.92 Å². The van der Waals surface area contributed by atoms with Crippen molar-refractivity contribution in [2.45, 2.75) is 45.6 Å². The number of hydrogen-bond acceptors (Lipinski definition) is 2. The smallest absolute Gasteiger partial charge is 0.191 e. The summed E-state index contributed by atoms with van der Waals surface area (Å²) in [5.41, 5.74) is 8.70. The van der Waals surface area contributed by atoms with E-state index in [1.165, 1.54) is 56.4 Å². The third-order valence-corrected chi connectivity index (χ3v) is 5.19. The van der Waals surface area contributed by atoms with Crippen LogP contribution >= 0.6 is 0 Å². The van der Waals surface area contributed by atoms with E-state index in [1.54, 1.807) is 0 Å². The molecule has 0 spiro atoms. The maximum Gasteiger partial charge on any atom is 0.191 e. The van der Waals surface area contributed by atoms with Crippen molar-refractivity contribution in [1.82, 2.24) is 4.90 Å². The predicted molar refractivity (Wildman–Crippen MR) is 97.8 cm³/mol. The van der Waals surface area contributed by atoms with E-state index in [1.807, 2.05) is 0 Å². The average molecular weight is 314 g/mol. The van der Waals surface area contributed by atoms with Crippen LogP contribution in [0.25, 0.3) is 0 Å². The summed E-state index contributed by atoms with van der Waals surface area (Å²) in [5, 5.41) is 0. The number of nitrogens with zero attached hydrogens (tertiary/aromatic N) is 3. The molecule has 0 saturated carbocycles. The van der Waals surface area contributed by atoms with Crippen LogP contribution < -0.4 is 10.6 Å². The molecule has 2 aliphatic heterocycles. The van der Waals surface area contributed by atoms with E-state index in [9.17, 15) is 0 Å². The summed E-state index contributed by atoms with van der Waals surface area (Å²) in [6.45, 7) is 7.51. The lowest BCUT2D eigenvalue weighted by Crippen LogP contribution is -2.40. The molecule has 2 saturated heterocycles. The van der Waals surface area contributed by atoms with Crippen molar-refractivity contribution >= 4 is 11.6 Å². The maximum absolute atomic E-state index is 6.12. The number of benzene rings is 1. The molecule has 2 aliphatic rings. The van der Waals surface area contributed by atoms with Crippen molar-refractivity contribution in [3.63, 3.8) is 0 Å². The third kappa shape index (κ3) is 4.40. The fourth-order valence-electron chi connectivity index (χ4n) is 3.47. The van der Waals surface area contributed by atoms with Gasteiger partial charge in [-0.3, -0.25) is 0 Å². The van der Waals surface area contributed by atoms with Gasteiger partial charge in [-0.15, -0.1) is 0 Å². The molecular formula is C19H30N4. The van der Waals surface area contributed by atoms with E-state index in [-0.39, 0.29) is 0 Å². The summed E-state index contributed by atoms with van der Waals surface area (Å²) in [6, 6.07) is 8.86. The molecule has 4 nitrogen and oxygen atoms in total. The second kappa shape index (κ2) is 7.71. The maximum atomic E-state index is 6.12. The summed E-state index contributed by atoms with van der Waals surface area (Å²) in [6.07, 6.45) is 6.40. The number of hydrogen-bond donors (Lipinski definition) is 1. The highest BCUT2D eigenvalue weighted by atomic mass is 15.2. The molecular weight excluding hydrogens is 284 g/mol.